The smallest absolute Gasteiger partial charge is 0.243 e. The second-order valence-electron chi connectivity index (χ2n) is 5.19. The van der Waals surface area contributed by atoms with Crippen molar-refractivity contribution < 1.29 is 9.15 Å². The number of aromatic nitrogens is 4. The summed E-state index contributed by atoms with van der Waals surface area (Å²) in [6.07, 6.45) is 0.961. The lowest BCUT2D eigenvalue weighted by Crippen LogP contribution is -2.08. The van der Waals surface area contributed by atoms with Gasteiger partial charge in [-0.2, -0.15) is 0 Å². The number of hydrogen-bond acceptors (Lipinski definition) is 6. The molecule has 0 atom stereocenters. The number of halogens is 1. The quantitative estimate of drug-likeness (QED) is 0.703. The van der Waals surface area contributed by atoms with E-state index in [0.717, 1.165) is 30.0 Å². The summed E-state index contributed by atoms with van der Waals surface area (Å²) in [6.45, 7) is 3.33. The van der Waals surface area contributed by atoms with Gasteiger partial charge >= 0.3 is 0 Å². The molecule has 0 aliphatic carbocycles. The van der Waals surface area contributed by atoms with Gasteiger partial charge in [-0.15, -0.1) is 0 Å². The number of tetrazole rings is 1. The number of anilines is 1. The molecule has 0 aliphatic rings. The Morgan fingerprint density at radius 3 is 2.92 bits per heavy atom. The molecule has 2 aromatic heterocycles. The highest BCUT2D eigenvalue weighted by Crippen LogP contribution is 2.31. The van der Waals surface area contributed by atoms with E-state index in [1.165, 1.54) is 0 Å². The lowest BCUT2D eigenvalue weighted by molar-refractivity contribution is 0.415. The first-order chi connectivity index (χ1) is 11.7. The fraction of sp³-hybridized carbons (Fsp3) is 0.312. The number of nitrogens with zero attached hydrogens (tertiary/aromatic N) is 4. The first-order valence-electron chi connectivity index (χ1n) is 7.64. The van der Waals surface area contributed by atoms with Crippen LogP contribution in [0.5, 0.6) is 5.75 Å². The van der Waals surface area contributed by atoms with Gasteiger partial charge in [-0.05, 0) is 47.2 Å². The van der Waals surface area contributed by atoms with Crippen LogP contribution in [0.2, 0.25) is 5.02 Å². The monoisotopic (exact) mass is 347 g/mol. The number of ether oxygens (including phenoxy) is 1. The van der Waals surface area contributed by atoms with Gasteiger partial charge in [-0.25, -0.2) is 4.68 Å². The zero-order chi connectivity index (χ0) is 16.9. The molecule has 0 saturated carbocycles. The fourth-order valence-corrected chi connectivity index (χ4v) is 2.57. The van der Waals surface area contributed by atoms with E-state index in [1.807, 2.05) is 30.3 Å². The molecule has 0 fully saturated rings. The molecule has 7 nitrogen and oxygen atoms in total. The van der Waals surface area contributed by atoms with Crippen molar-refractivity contribution in [2.45, 2.75) is 26.4 Å². The Morgan fingerprint density at radius 2 is 2.17 bits per heavy atom. The average Bonchev–Trinajstić information content (AvgIpc) is 3.22. The van der Waals surface area contributed by atoms with Crippen LogP contribution < -0.4 is 10.1 Å². The summed E-state index contributed by atoms with van der Waals surface area (Å²) in [4.78, 5) is 0. The van der Waals surface area contributed by atoms with Gasteiger partial charge < -0.3 is 14.5 Å². The minimum absolute atomic E-state index is 0.494. The molecule has 0 aliphatic heterocycles. The molecule has 24 heavy (non-hydrogen) atoms. The first-order valence-corrected chi connectivity index (χ1v) is 8.01. The van der Waals surface area contributed by atoms with Crippen LogP contribution >= 0.6 is 11.6 Å². The van der Waals surface area contributed by atoms with Crippen molar-refractivity contribution in [1.29, 1.82) is 0 Å². The highest BCUT2D eigenvalue weighted by molar-refractivity contribution is 6.32. The summed E-state index contributed by atoms with van der Waals surface area (Å²) in [5, 5.41) is 15.3. The Balaban J connectivity index is 1.69. The first kappa shape index (κ1) is 16.3. The number of methoxy groups -OCH3 is 1. The third-order valence-electron chi connectivity index (χ3n) is 3.49. The molecule has 0 bridgehead atoms. The zero-order valence-corrected chi connectivity index (χ0v) is 14.2. The van der Waals surface area contributed by atoms with E-state index >= 15 is 0 Å². The van der Waals surface area contributed by atoms with Crippen molar-refractivity contribution in [3.63, 3.8) is 0 Å². The Morgan fingerprint density at radius 1 is 1.29 bits per heavy atom. The predicted octanol–water partition coefficient (Wildman–Crippen LogP) is 3.62. The second-order valence-corrected chi connectivity index (χ2v) is 5.60. The number of hydrogen-bond donors (Lipinski definition) is 1. The topological polar surface area (TPSA) is 78.0 Å². The van der Waals surface area contributed by atoms with Crippen molar-refractivity contribution >= 4 is 17.5 Å². The summed E-state index contributed by atoms with van der Waals surface area (Å²) >= 11 is 6.16. The minimum Gasteiger partial charge on any atom is -0.495 e. The van der Waals surface area contributed by atoms with Crippen molar-refractivity contribution in [3.05, 3.63) is 41.1 Å². The number of nitrogens with one attached hydrogen (secondary N) is 1. The zero-order valence-electron chi connectivity index (χ0n) is 13.5. The molecule has 1 aromatic carbocycles. The van der Waals surface area contributed by atoms with Crippen LogP contribution in [0.25, 0.3) is 11.3 Å². The van der Waals surface area contributed by atoms with E-state index in [2.05, 4.69) is 27.8 Å². The highest BCUT2D eigenvalue weighted by atomic mass is 35.5. The van der Waals surface area contributed by atoms with Crippen molar-refractivity contribution in [1.82, 2.24) is 20.2 Å². The van der Waals surface area contributed by atoms with Crippen LogP contribution in [0, 0.1) is 0 Å². The van der Waals surface area contributed by atoms with Crippen LogP contribution in [0.1, 0.15) is 19.1 Å². The Kier molecular flexibility index (Phi) is 5.00. The van der Waals surface area contributed by atoms with Crippen LogP contribution in [0.15, 0.2) is 34.7 Å². The average molecular weight is 348 g/mol. The molecule has 1 N–H and O–H groups in total. The molecule has 3 aromatic rings. The molecular formula is C16H18ClN5O2. The maximum absolute atomic E-state index is 6.16. The normalized spacial score (nSPS) is 10.8. The third-order valence-corrected chi connectivity index (χ3v) is 3.78. The van der Waals surface area contributed by atoms with Gasteiger partial charge in [0.05, 0.1) is 18.7 Å². The summed E-state index contributed by atoms with van der Waals surface area (Å²) in [5.74, 6) is 2.78. The predicted molar refractivity (Wildman–Crippen MR) is 91.1 cm³/mol. The maximum atomic E-state index is 6.16. The molecule has 0 unspecified atom stereocenters. The maximum Gasteiger partial charge on any atom is 0.243 e. The molecule has 2 heterocycles. The standard InChI is InChI=1S/C16H18ClN5O2/c1-3-8-22-16(19-20-21-22)18-10-12-5-7-14(24-12)11-4-6-15(23-2)13(17)9-11/h4-7,9H,3,8,10H2,1-2H3,(H,18,19,21). The fourth-order valence-electron chi connectivity index (χ4n) is 2.31. The largest absolute Gasteiger partial charge is 0.495 e. The van der Waals surface area contributed by atoms with Crippen molar-refractivity contribution in [2.24, 2.45) is 0 Å². The molecule has 126 valence electrons. The van der Waals surface area contributed by atoms with Gasteiger partial charge in [0, 0.05) is 12.1 Å². The van der Waals surface area contributed by atoms with Gasteiger partial charge in [0.25, 0.3) is 0 Å². The molecular weight excluding hydrogens is 330 g/mol. The summed E-state index contributed by atoms with van der Waals surface area (Å²) in [6, 6.07) is 9.36. The summed E-state index contributed by atoms with van der Waals surface area (Å²) in [5.41, 5.74) is 0.892. The van der Waals surface area contributed by atoms with Gasteiger partial charge in [0.2, 0.25) is 5.95 Å². The van der Waals surface area contributed by atoms with Gasteiger partial charge in [-0.3, -0.25) is 0 Å². The molecule has 3 rings (SSSR count). The summed E-state index contributed by atoms with van der Waals surface area (Å²) < 4.78 is 12.7. The second kappa shape index (κ2) is 7.35. The minimum atomic E-state index is 0.494. The van der Waals surface area contributed by atoms with Gasteiger partial charge in [-0.1, -0.05) is 23.6 Å². The molecule has 0 amide bonds. The number of rotatable bonds is 7. The van der Waals surface area contributed by atoms with Crippen LogP contribution in [0.3, 0.4) is 0 Å². The van der Waals surface area contributed by atoms with E-state index in [4.69, 9.17) is 20.8 Å². The van der Waals surface area contributed by atoms with Crippen molar-refractivity contribution in [3.8, 4) is 17.1 Å². The lowest BCUT2D eigenvalue weighted by Gasteiger charge is -2.05. The van der Waals surface area contributed by atoms with Crippen LogP contribution in [0.4, 0.5) is 5.95 Å². The van der Waals surface area contributed by atoms with E-state index in [1.54, 1.807) is 11.8 Å². The van der Waals surface area contributed by atoms with E-state index < -0.39 is 0 Å². The van der Waals surface area contributed by atoms with Gasteiger partial charge in [0.15, 0.2) is 0 Å². The Hall–Kier alpha value is -2.54. The number of aryl methyl sites for hydroxylation is 1. The molecule has 0 radical (unpaired) electrons. The highest BCUT2D eigenvalue weighted by Gasteiger charge is 2.10. The molecule has 8 heteroatoms. The van der Waals surface area contributed by atoms with E-state index in [-0.39, 0.29) is 0 Å². The third kappa shape index (κ3) is 3.51. The van der Waals surface area contributed by atoms with Crippen LogP contribution in [-0.2, 0) is 13.1 Å². The lowest BCUT2D eigenvalue weighted by atomic mass is 10.2. The Bertz CT molecular complexity index is 814. The van der Waals surface area contributed by atoms with E-state index in [9.17, 15) is 0 Å². The summed E-state index contributed by atoms with van der Waals surface area (Å²) in [7, 11) is 1.59. The van der Waals surface area contributed by atoms with Crippen molar-refractivity contribution in [2.75, 3.05) is 12.4 Å². The number of furan rings is 1. The van der Waals surface area contributed by atoms with E-state index in [0.29, 0.717) is 23.3 Å². The van der Waals surface area contributed by atoms with Crippen LogP contribution in [-0.4, -0.2) is 27.3 Å². The Labute approximate surface area is 144 Å². The molecule has 0 spiro atoms. The molecule has 0 saturated heterocycles. The number of benzene rings is 1. The van der Waals surface area contributed by atoms with Gasteiger partial charge in [0.1, 0.15) is 17.3 Å². The SMILES string of the molecule is CCCn1nnnc1NCc1ccc(-c2ccc(OC)c(Cl)c2)o1.